The Labute approximate surface area is 93.5 Å². The lowest BCUT2D eigenvalue weighted by Gasteiger charge is -2.10. The first-order valence-corrected chi connectivity index (χ1v) is 5.99. The normalized spacial score (nSPS) is 17.5. The van der Waals surface area contributed by atoms with Crippen molar-refractivity contribution in [3.05, 3.63) is 12.4 Å². The lowest BCUT2D eigenvalue weighted by Crippen LogP contribution is -2.32. The van der Waals surface area contributed by atoms with Crippen LogP contribution in [0.3, 0.4) is 0 Å². The maximum atomic E-state index is 11.7. The van der Waals surface area contributed by atoms with Crippen molar-refractivity contribution in [2.24, 2.45) is 7.05 Å². The van der Waals surface area contributed by atoms with Crippen LogP contribution in [-0.4, -0.2) is 26.8 Å². The highest BCUT2D eigenvalue weighted by atomic mass is 32.2. The summed E-state index contributed by atoms with van der Waals surface area (Å²) in [6.45, 7) is 1.91. The van der Waals surface area contributed by atoms with E-state index >= 15 is 0 Å². The molecule has 0 aliphatic heterocycles. The standard InChI is InChI=1S/C10H15N3OS/c1-7(9(14)12-8-3-4-8)15-10-11-5-6-13(10)2/h5-8H,3-4H2,1-2H3,(H,12,14)/t7-/m0/s1. The maximum absolute atomic E-state index is 11.7. The zero-order chi connectivity index (χ0) is 10.8. The van der Waals surface area contributed by atoms with E-state index in [1.54, 1.807) is 6.20 Å². The van der Waals surface area contributed by atoms with E-state index in [1.165, 1.54) is 11.8 Å². The van der Waals surface area contributed by atoms with Crippen LogP contribution in [-0.2, 0) is 11.8 Å². The van der Waals surface area contributed by atoms with Crippen molar-refractivity contribution < 1.29 is 4.79 Å². The number of hydrogen-bond acceptors (Lipinski definition) is 3. The summed E-state index contributed by atoms with van der Waals surface area (Å²) in [5, 5.41) is 3.79. The van der Waals surface area contributed by atoms with Crippen LogP contribution < -0.4 is 5.32 Å². The van der Waals surface area contributed by atoms with Gasteiger partial charge in [-0.2, -0.15) is 0 Å². The van der Waals surface area contributed by atoms with Crippen molar-refractivity contribution in [1.29, 1.82) is 0 Å². The van der Waals surface area contributed by atoms with Crippen LogP contribution in [0.4, 0.5) is 0 Å². The number of nitrogens with zero attached hydrogens (tertiary/aromatic N) is 2. The molecule has 15 heavy (non-hydrogen) atoms. The maximum Gasteiger partial charge on any atom is 0.233 e. The molecule has 0 radical (unpaired) electrons. The first kappa shape index (κ1) is 10.5. The van der Waals surface area contributed by atoms with Gasteiger partial charge in [0.2, 0.25) is 5.91 Å². The highest BCUT2D eigenvalue weighted by molar-refractivity contribution is 8.00. The molecule has 0 unspecified atom stereocenters. The van der Waals surface area contributed by atoms with Crippen LogP contribution in [0, 0.1) is 0 Å². The summed E-state index contributed by atoms with van der Waals surface area (Å²) >= 11 is 1.49. The van der Waals surface area contributed by atoms with Gasteiger partial charge in [-0.25, -0.2) is 4.98 Å². The molecule has 2 rings (SSSR count). The quantitative estimate of drug-likeness (QED) is 0.783. The van der Waals surface area contributed by atoms with Gasteiger partial charge in [0.05, 0.1) is 5.25 Å². The number of thioether (sulfide) groups is 1. The molecule has 82 valence electrons. The van der Waals surface area contributed by atoms with Gasteiger partial charge >= 0.3 is 0 Å². The van der Waals surface area contributed by atoms with Gasteiger partial charge in [0.15, 0.2) is 5.16 Å². The highest BCUT2D eigenvalue weighted by Crippen LogP contribution is 2.23. The summed E-state index contributed by atoms with van der Waals surface area (Å²) in [4.78, 5) is 15.8. The van der Waals surface area contributed by atoms with Gasteiger partial charge in [0.25, 0.3) is 0 Å². The van der Waals surface area contributed by atoms with Crippen LogP contribution in [0.25, 0.3) is 0 Å². The smallest absolute Gasteiger partial charge is 0.233 e. The SMILES string of the molecule is C[C@H](Sc1nccn1C)C(=O)NC1CC1. The van der Waals surface area contributed by atoms with Gasteiger partial charge in [-0.05, 0) is 19.8 Å². The number of hydrogen-bond donors (Lipinski definition) is 1. The van der Waals surface area contributed by atoms with Crippen molar-refractivity contribution in [3.63, 3.8) is 0 Å². The Morgan fingerprint density at radius 1 is 1.73 bits per heavy atom. The second kappa shape index (κ2) is 4.26. The molecule has 1 aromatic heterocycles. The van der Waals surface area contributed by atoms with Gasteiger partial charge in [0.1, 0.15) is 0 Å². The van der Waals surface area contributed by atoms with Crippen molar-refractivity contribution >= 4 is 17.7 Å². The van der Waals surface area contributed by atoms with Crippen LogP contribution in [0.15, 0.2) is 17.6 Å². The Morgan fingerprint density at radius 3 is 3.00 bits per heavy atom. The minimum Gasteiger partial charge on any atom is -0.352 e. The Hall–Kier alpha value is -0.970. The zero-order valence-corrected chi connectivity index (χ0v) is 9.75. The average molecular weight is 225 g/mol. The second-order valence-electron chi connectivity index (χ2n) is 3.86. The first-order valence-electron chi connectivity index (χ1n) is 5.11. The zero-order valence-electron chi connectivity index (χ0n) is 8.93. The van der Waals surface area contributed by atoms with E-state index in [4.69, 9.17) is 0 Å². The van der Waals surface area contributed by atoms with Gasteiger partial charge in [-0.15, -0.1) is 0 Å². The number of rotatable bonds is 4. The largest absolute Gasteiger partial charge is 0.352 e. The van der Waals surface area contributed by atoms with Crippen LogP contribution >= 0.6 is 11.8 Å². The van der Waals surface area contributed by atoms with Gasteiger partial charge in [-0.3, -0.25) is 4.79 Å². The summed E-state index contributed by atoms with van der Waals surface area (Å²) in [6, 6.07) is 0.432. The molecule has 5 heteroatoms. The molecule has 1 saturated carbocycles. The lowest BCUT2D eigenvalue weighted by molar-refractivity contribution is -0.120. The minimum atomic E-state index is -0.0771. The molecule has 4 nitrogen and oxygen atoms in total. The molecule has 1 amide bonds. The molecule has 0 saturated heterocycles. The van der Waals surface area contributed by atoms with E-state index in [2.05, 4.69) is 10.3 Å². The van der Waals surface area contributed by atoms with Crippen molar-refractivity contribution in [1.82, 2.24) is 14.9 Å². The topological polar surface area (TPSA) is 46.9 Å². The predicted octanol–water partition coefficient (Wildman–Crippen LogP) is 1.18. The number of aromatic nitrogens is 2. The Bertz CT molecular complexity index is 359. The predicted molar refractivity (Wildman–Crippen MR) is 59.7 cm³/mol. The number of nitrogens with one attached hydrogen (secondary N) is 1. The van der Waals surface area contributed by atoms with Gasteiger partial charge in [0, 0.05) is 25.5 Å². The molecule has 0 spiro atoms. The summed E-state index contributed by atoms with van der Waals surface area (Å²) < 4.78 is 1.92. The fraction of sp³-hybridized carbons (Fsp3) is 0.600. The molecule has 1 aromatic rings. The number of amides is 1. The van der Waals surface area contributed by atoms with Crippen LogP contribution in [0.5, 0.6) is 0 Å². The third-order valence-electron chi connectivity index (χ3n) is 2.35. The number of imidazole rings is 1. The third kappa shape index (κ3) is 2.75. The fourth-order valence-corrected chi connectivity index (χ4v) is 2.06. The molecule has 1 aliphatic rings. The van der Waals surface area contributed by atoms with Crippen molar-refractivity contribution in [3.8, 4) is 0 Å². The summed E-state index contributed by atoms with van der Waals surface area (Å²) in [6.07, 6.45) is 5.89. The number of carbonyl (C=O) groups is 1. The molecule has 0 bridgehead atoms. The molecule has 0 aromatic carbocycles. The second-order valence-corrected chi connectivity index (χ2v) is 5.17. The van der Waals surface area contributed by atoms with E-state index in [9.17, 15) is 4.79 Å². The molecule has 1 atom stereocenters. The van der Waals surface area contributed by atoms with Gasteiger partial charge in [-0.1, -0.05) is 11.8 Å². The van der Waals surface area contributed by atoms with E-state index in [1.807, 2.05) is 24.7 Å². The molecule has 1 heterocycles. The summed E-state index contributed by atoms with van der Waals surface area (Å²) in [5.41, 5.74) is 0. The summed E-state index contributed by atoms with van der Waals surface area (Å²) in [5.74, 6) is 0.116. The molecule has 1 fully saturated rings. The molecule has 1 aliphatic carbocycles. The third-order valence-corrected chi connectivity index (χ3v) is 3.52. The van der Waals surface area contributed by atoms with E-state index in [0.29, 0.717) is 6.04 Å². The van der Waals surface area contributed by atoms with E-state index < -0.39 is 0 Å². The number of aryl methyl sites for hydroxylation is 1. The highest BCUT2D eigenvalue weighted by Gasteiger charge is 2.26. The molecular formula is C10H15N3OS. The van der Waals surface area contributed by atoms with E-state index in [0.717, 1.165) is 18.0 Å². The Balaban J connectivity index is 1.87. The fourth-order valence-electron chi connectivity index (χ4n) is 1.22. The average Bonchev–Trinajstić information content (AvgIpc) is 2.92. The monoisotopic (exact) mass is 225 g/mol. The molecular weight excluding hydrogens is 210 g/mol. The molecule has 1 N–H and O–H groups in total. The Kier molecular flexibility index (Phi) is 3.00. The first-order chi connectivity index (χ1) is 7.16. The van der Waals surface area contributed by atoms with Crippen LogP contribution in [0.2, 0.25) is 0 Å². The minimum absolute atomic E-state index is 0.0771. The van der Waals surface area contributed by atoms with E-state index in [-0.39, 0.29) is 11.2 Å². The van der Waals surface area contributed by atoms with Crippen molar-refractivity contribution in [2.45, 2.75) is 36.2 Å². The summed E-state index contributed by atoms with van der Waals surface area (Å²) in [7, 11) is 1.93. The van der Waals surface area contributed by atoms with Crippen molar-refractivity contribution in [2.75, 3.05) is 0 Å². The number of carbonyl (C=O) groups excluding carboxylic acids is 1. The lowest BCUT2D eigenvalue weighted by atomic mass is 10.4. The Morgan fingerprint density at radius 2 is 2.47 bits per heavy atom. The van der Waals surface area contributed by atoms with Crippen LogP contribution in [0.1, 0.15) is 19.8 Å². The van der Waals surface area contributed by atoms with Gasteiger partial charge < -0.3 is 9.88 Å².